The maximum atomic E-state index is 13.8. The Bertz CT molecular complexity index is 609. The minimum Gasteiger partial charge on any atom is -0.486 e. The predicted octanol–water partition coefficient (Wildman–Crippen LogP) is 3.57. The normalized spacial score (nSPS) is 12.2. The van der Waals surface area contributed by atoms with Crippen molar-refractivity contribution >= 4 is 0 Å². The zero-order valence-corrected chi connectivity index (χ0v) is 11.6. The van der Waals surface area contributed by atoms with Gasteiger partial charge in [-0.2, -0.15) is 0 Å². The first-order chi connectivity index (χ1) is 9.95. The molecule has 0 radical (unpaired) electrons. The topological polar surface area (TPSA) is 35.2 Å². The average molecular weight is 295 g/mol. The Labute approximate surface area is 121 Å². The predicted molar refractivity (Wildman–Crippen MR) is 74.4 cm³/mol. The lowest BCUT2D eigenvalue weighted by Crippen LogP contribution is -2.18. The zero-order valence-electron chi connectivity index (χ0n) is 11.6. The Morgan fingerprint density at radius 2 is 1.76 bits per heavy atom. The minimum atomic E-state index is -0.696. The van der Waals surface area contributed by atoms with Crippen LogP contribution in [0.5, 0.6) is 5.75 Å². The molecule has 0 bridgehead atoms. The SMILES string of the molecule is CC(N)Cc1cccc(F)c1OCc1cc(F)cc(F)c1. The summed E-state index contributed by atoms with van der Waals surface area (Å²) >= 11 is 0. The molecule has 0 aliphatic rings. The number of ether oxygens (including phenoxy) is 1. The molecule has 0 aliphatic heterocycles. The highest BCUT2D eigenvalue weighted by Crippen LogP contribution is 2.25. The minimum absolute atomic E-state index is 0.0690. The third-order valence-corrected chi connectivity index (χ3v) is 2.90. The molecule has 0 heterocycles. The van der Waals surface area contributed by atoms with Crippen molar-refractivity contribution in [3.63, 3.8) is 0 Å². The van der Waals surface area contributed by atoms with Crippen LogP contribution in [0, 0.1) is 17.5 Å². The zero-order chi connectivity index (χ0) is 15.4. The molecular formula is C16H16F3NO. The van der Waals surface area contributed by atoms with Crippen molar-refractivity contribution in [2.75, 3.05) is 0 Å². The molecule has 2 rings (SSSR count). The second kappa shape index (κ2) is 6.63. The number of para-hydroxylation sites is 1. The first kappa shape index (κ1) is 15.4. The van der Waals surface area contributed by atoms with Gasteiger partial charge < -0.3 is 10.5 Å². The third-order valence-electron chi connectivity index (χ3n) is 2.90. The van der Waals surface area contributed by atoms with Crippen LogP contribution in [-0.4, -0.2) is 6.04 Å². The molecule has 0 saturated heterocycles. The molecule has 0 fully saturated rings. The number of benzene rings is 2. The van der Waals surface area contributed by atoms with E-state index in [4.69, 9.17) is 10.5 Å². The molecular weight excluding hydrogens is 279 g/mol. The van der Waals surface area contributed by atoms with Crippen LogP contribution in [0.25, 0.3) is 0 Å². The van der Waals surface area contributed by atoms with Crippen molar-refractivity contribution in [3.8, 4) is 5.75 Å². The molecule has 0 saturated carbocycles. The van der Waals surface area contributed by atoms with Crippen molar-refractivity contribution in [3.05, 3.63) is 65.0 Å². The lowest BCUT2D eigenvalue weighted by Gasteiger charge is -2.14. The Kier molecular flexibility index (Phi) is 4.85. The van der Waals surface area contributed by atoms with Crippen molar-refractivity contribution in [2.24, 2.45) is 5.73 Å². The fourth-order valence-electron chi connectivity index (χ4n) is 2.07. The first-order valence-electron chi connectivity index (χ1n) is 6.56. The van der Waals surface area contributed by atoms with Gasteiger partial charge in [0.2, 0.25) is 0 Å². The summed E-state index contributed by atoms with van der Waals surface area (Å²) in [7, 11) is 0. The number of nitrogens with two attached hydrogens (primary N) is 1. The molecule has 2 aromatic rings. The summed E-state index contributed by atoms with van der Waals surface area (Å²) in [6.45, 7) is 1.68. The van der Waals surface area contributed by atoms with Crippen LogP contribution in [0.2, 0.25) is 0 Å². The van der Waals surface area contributed by atoms with E-state index in [1.165, 1.54) is 6.07 Å². The second-order valence-corrected chi connectivity index (χ2v) is 4.98. The molecule has 1 unspecified atom stereocenters. The summed E-state index contributed by atoms with van der Waals surface area (Å²) < 4.78 is 45.4. The summed E-state index contributed by atoms with van der Waals surface area (Å²) in [5.74, 6) is -1.85. The highest BCUT2D eigenvalue weighted by molar-refractivity contribution is 5.36. The average Bonchev–Trinajstić information content (AvgIpc) is 2.36. The lowest BCUT2D eigenvalue weighted by molar-refractivity contribution is 0.285. The van der Waals surface area contributed by atoms with Crippen LogP contribution in [0.3, 0.4) is 0 Å². The standard InChI is InChI=1S/C16H16F3NO/c1-10(20)5-12-3-2-4-15(19)16(12)21-9-11-6-13(17)8-14(18)7-11/h2-4,6-8,10H,5,9,20H2,1H3. The van der Waals surface area contributed by atoms with Crippen LogP contribution >= 0.6 is 0 Å². The van der Waals surface area contributed by atoms with Crippen LogP contribution < -0.4 is 10.5 Å². The van der Waals surface area contributed by atoms with Gasteiger partial charge in [0.05, 0.1) is 0 Å². The van der Waals surface area contributed by atoms with Crippen molar-refractivity contribution in [1.29, 1.82) is 0 Å². The number of halogens is 3. The van der Waals surface area contributed by atoms with Gasteiger partial charge in [0.25, 0.3) is 0 Å². The van der Waals surface area contributed by atoms with Crippen LogP contribution in [0.1, 0.15) is 18.1 Å². The van der Waals surface area contributed by atoms with Gasteiger partial charge in [0.15, 0.2) is 11.6 Å². The van der Waals surface area contributed by atoms with Gasteiger partial charge in [-0.1, -0.05) is 12.1 Å². The molecule has 2 N–H and O–H groups in total. The Morgan fingerprint density at radius 3 is 2.38 bits per heavy atom. The lowest BCUT2D eigenvalue weighted by atomic mass is 10.1. The largest absolute Gasteiger partial charge is 0.486 e. The van der Waals surface area contributed by atoms with E-state index in [0.29, 0.717) is 17.5 Å². The first-order valence-corrected chi connectivity index (χ1v) is 6.56. The number of hydrogen-bond donors (Lipinski definition) is 1. The maximum absolute atomic E-state index is 13.8. The van der Waals surface area contributed by atoms with E-state index in [-0.39, 0.29) is 18.4 Å². The van der Waals surface area contributed by atoms with Gasteiger partial charge >= 0.3 is 0 Å². The number of rotatable bonds is 5. The van der Waals surface area contributed by atoms with Gasteiger partial charge in [-0.15, -0.1) is 0 Å². The molecule has 2 nitrogen and oxygen atoms in total. The summed E-state index contributed by atoms with van der Waals surface area (Å²) in [4.78, 5) is 0. The molecule has 112 valence electrons. The van der Waals surface area contributed by atoms with Gasteiger partial charge in [0.1, 0.15) is 18.2 Å². The summed E-state index contributed by atoms with van der Waals surface area (Å²) in [6, 6.07) is 7.47. The molecule has 5 heteroatoms. The molecule has 1 atom stereocenters. The van der Waals surface area contributed by atoms with Gasteiger partial charge in [-0.25, -0.2) is 13.2 Å². The van der Waals surface area contributed by atoms with E-state index in [0.717, 1.165) is 18.2 Å². The fourth-order valence-corrected chi connectivity index (χ4v) is 2.07. The Morgan fingerprint density at radius 1 is 1.10 bits per heavy atom. The number of hydrogen-bond acceptors (Lipinski definition) is 2. The van der Waals surface area contributed by atoms with E-state index in [9.17, 15) is 13.2 Å². The van der Waals surface area contributed by atoms with E-state index in [2.05, 4.69) is 0 Å². The van der Waals surface area contributed by atoms with E-state index >= 15 is 0 Å². The Hall–Kier alpha value is -2.01. The van der Waals surface area contributed by atoms with Crippen molar-refractivity contribution in [2.45, 2.75) is 26.0 Å². The van der Waals surface area contributed by atoms with E-state index in [1.54, 1.807) is 19.1 Å². The molecule has 0 aromatic heterocycles. The van der Waals surface area contributed by atoms with Crippen molar-refractivity contribution in [1.82, 2.24) is 0 Å². The fraction of sp³-hybridized carbons (Fsp3) is 0.250. The smallest absolute Gasteiger partial charge is 0.165 e. The quantitative estimate of drug-likeness (QED) is 0.915. The van der Waals surface area contributed by atoms with Gasteiger partial charge in [-0.3, -0.25) is 0 Å². The molecule has 21 heavy (non-hydrogen) atoms. The maximum Gasteiger partial charge on any atom is 0.165 e. The molecule has 0 spiro atoms. The highest BCUT2D eigenvalue weighted by Gasteiger charge is 2.12. The van der Waals surface area contributed by atoms with E-state index in [1.807, 2.05) is 0 Å². The van der Waals surface area contributed by atoms with Crippen LogP contribution in [0.4, 0.5) is 13.2 Å². The molecule has 0 aliphatic carbocycles. The summed E-state index contributed by atoms with van der Waals surface area (Å²) in [5.41, 5.74) is 6.63. The van der Waals surface area contributed by atoms with Gasteiger partial charge in [-0.05, 0) is 42.7 Å². The van der Waals surface area contributed by atoms with Gasteiger partial charge in [0, 0.05) is 12.1 Å². The molecule has 2 aromatic carbocycles. The summed E-state index contributed by atoms with van der Waals surface area (Å²) in [5, 5.41) is 0. The van der Waals surface area contributed by atoms with Crippen LogP contribution in [-0.2, 0) is 13.0 Å². The summed E-state index contributed by atoms with van der Waals surface area (Å²) in [6.07, 6.45) is 0.449. The third kappa shape index (κ3) is 4.23. The second-order valence-electron chi connectivity index (χ2n) is 4.98. The van der Waals surface area contributed by atoms with E-state index < -0.39 is 17.5 Å². The monoisotopic (exact) mass is 295 g/mol. The van der Waals surface area contributed by atoms with Crippen molar-refractivity contribution < 1.29 is 17.9 Å². The molecule has 0 amide bonds. The van der Waals surface area contributed by atoms with Crippen LogP contribution in [0.15, 0.2) is 36.4 Å². The highest BCUT2D eigenvalue weighted by atomic mass is 19.1. The Balaban J connectivity index is 2.19.